The normalized spacial score (nSPS) is 42.3. The molecule has 96 valence electrons. The van der Waals surface area contributed by atoms with Gasteiger partial charge in [0.05, 0.1) is 5.92 Å². The molecule has 1 saturated carbocycles. The van der Waals surface area contributed by atoms with Crippen molar-refractivity contribution in [2.45, 2.75) is 54.6 Å². The molecule has 1 N–H and O–H groups in total. The van der Waals surface area contributed by atoms with Gasteiger partial charge in [-0.05, 0) is 32.1 Å². The van der Waals surface area contributed by atoms with Crippen LogP contribution >= 0.6 is 23.2 Å². The minimum absolute atomic E-state index is 0.126. The average Bonchev–Trinajstić information content (AvgIpc) is 2.80. The van der Waals surface area contributed by atoms with Gasteiger partial charge in [0.1, 0.15) is 4.33 Å². The molecule has 0 aromatic heterocycles. The Balaban J connectivity index is 1.63. The SMILES string of the molecule is CN(C(=O)[C@@H]1CC1(Cl)Cl)C1C[C@@H]2CC[C@@H](C1)N2. The lowest BCUT2D eigenvalue weighted by Crippen LogP contribution is -2.49. The van der Waals surface area contributed by atoms with Gasteiger partial charge in [-0.2, -0.15) is 0 Å². The van der Waals surface area contributed by atoms with Gasteiger partial charge in [0.15, 0.2) is 0 Å². The van der Waals surface area contributed by atoms with E-state index in [1.165, 1.54) is 12.8 Å². The number of hydrogen-bond donors (Lipinski definition) is 1. The zero-order valence-corrected chi connectivity index (χ0v) is 11.5. The summed E-state index contributed by atoms with van der Waals surface area (Å²) in [5.74, 6) is -0.0512. The first-order valence-electron chi connectivity index (χ1n) is 6.38. The van der Waals surface area contributed by atoms with E-state index in [1.807, 2.05) is 11.9 Å². The van der Waals surface area contributed by atoms with Crippen molar-refractivity contribution in [2.75, 3.05) is 7.05 Å². The lowest BCUT2D eigenvalue weighted by molar-refractivity contribution is -0.134. The molecule has 3 nitrogen and oxygen atoms in total. The monoisotopic (exact) mass is 276 g/mol. The largest absolute Gasteiger partial charge is 0.342 e. The fourth-order valence-corrected chi connectivity index (χ4v) is 3.75. The molecule has 17 heavy (non-hydrogen) atoms. The summed E-state index contributed by atoms with van der Waals surface area (Å²) in [5.41, 5.74) is 0. The van der Waals surface area contributed by atoms with Crippen molar-refractivity contribution < 1.29 is 4.79 Å². The molecular weight excluding hydrogens is 259 g/mol. The van der Waals surface area contributed by atoms with Crippen LogP contribution in [0.3, 0.4) is 0 Å². The van der Waals surface area contributed by atoms with Crippen molar-refractivity contribution in [2.24, 2.45) is 5.92 Å². The van der Waals surface area contributed by atoms with Crippen molar-refractivity contribution >= 4 is 29.1 Å². The van der Waals surface area contributed by atoms with Gasteiger partial charge >= 0.3 is 0 Å². The van der Waals surface area contributed by atoms with Crippen LogP contribution in [-0.2, 0) is 4.79 Å². The Hall–Kier alpha value is 0.01000. The number of carbonyl (C=O) groups is 1. The van der Waals surface area contributed by atoms with E-state index in [-0.39, 0.29) is 11.8 Å². The highest BCUT2D eigenvalue weighted by Gasteiger charge is 2.57. The molecule has 0 radical (unpaired) electrons. The molecular formula is C12H18Cl2N2O. The molecule has 3 fully saturated rings. The maximum Gasteiger partial charge on any atom is 0.228 e. The molecule has 0 aromatic rings. The second kappa shape index (κ2) is 4.01. The third-order valence-corrected chi connectivity index (χ3v) is 5.30. The summed E-state index contributed by atoms with van der Waals surface area (Å²) in [7, 11) is 1.90. The van der Waals surface area contributed by atoms with E-state index in [0.29, 0.717) is 24.5 Å². The second-order valence-electron chi connectivity index (χ2n) is 5.73. The number of amides is 1. The molecule has 3 atom stereocenters. The highest BCUT2D eigenvalue weighted by atomic mass is 35.5. The van der Waals surface area contributed by atoms with Gasteiger partial charge in [-0.15, -0.1) is 23.2 Å². The van der Waals surface area contributed by atoms with Crippen LogP contribution in [0.25, 0.3) is 0 Å². The first-order valence-corrected chi connectivity index (χ1v) is 7.13. The Kier molecular flexibility index (Phi) is 2.84. The maximum atomic E-state index is 12.2. The van der Waals surface area contributed by atoms with Crippen molar-refractivity contribution in [3.8, 4) is 0 Å². The van der Waals surface area contributed by atoms with Crippen LogP contribution in [0.2, 0.25) is 0 Å². The molecule has 1 amide bonds. The van der Waals surface area contributed by atoms with Crippen molar-refractivity contribution in [1.29, 1.82) is 0 Å². The van der Waals surface area contributed by atoms with E-state index in [1.54, 1.807) is 0 Å². The molecule has 3 aliphatic rings. The molecule has 0 aromatic carbocycles. The Bertz CT molecular complexity index is 335. The summed E-state index contributed by atoms with van der Waals surface area (Å²) in [6, 6.07) is 1.57. The Morgan fingerprint density at radius 2 is 1.82 bits per heavy atom. The van der Waals surface area contributed by atoms with Gasteiger partial charge in [0.25, 0.3) is 0 Å². The zero-order valence-electron chi connectivity index (χ0n) is 9.96. The highest BCUT2D eigenvalue weighted by molar-refractivity contribution is 6.52. The van der Waals surface area contributed by atoms with Crippen LogP contribution in [-0.4, -0.2) is 40.3 Å². The molecule has 2 heterocycles. The summed E-state index contributed by atoms with van der Waals surface area (Å²) in [6.07, 6.45) is 5.26. The Morgan fingerprint density at radius 3 is 2.29 bits per heavy atom. The van der Waals surface area contributed by atoms with Crippen LogP contribution in [0, 0.1) is 5.92 Å². The lowest BCUT2D eigenvalue weighted by atomic mass is 9.98. The fourth-order valence-electron chi connectivity index (χ4n) is 3.25. The number of nitrogens with one attached hydrogen (secondary N) is 1. The maximum absolute atomic E-state index is 12.2. The summed E-state index contributed by atoms with van der Waals surface area (Å²) >= 11 is 11.9. The zero-order chi connectivity index (χ0) is 12.2. The average molecular weight is 277 g/mol. The molecule has 5 heteroatoms. The first kappa shape index (κ1) is 12.1. The summed E-state index contributed by atoms with van der Waals surface area (Å²) < 4.78 is -0.794. The number of halogens is 2. The van der Waals surface area contributed by atoms with E-state index >= 15 is 0 Å². The number of alkyl halides is 2. The van der Waals surface area contributed by atoms with Gasteiger partial charge in [0.2, 0.25) is 5.91 Å². The predicted molar refractivity (Wildman–Crippen MR) is 68.3 cm³/mol. The highest BCUT2D eigenvalue weighted by Crippen LogP contribution is 2.54. The van der Waals surface area contributed by atoms with E-state index in [9.17, 15) is 4.79 Å². The van der Waals surface area contributed by atoms with Gasteiger partial charge in [-0.1, -0.05) is 0 Å². The summed E-state index contributed by atoms with van der Waals surface area (Å²) in [6.45, 7) is 0. The van der Waals surface area contributed by atoms with Gasteiger partial charge in [-0.25, -0.2) is 0 Å². The minimum Gasteiger partial charge on any atom is -0.342 e. The van der Waals surface area contributed by atoms with Crippen LogP contribution in [0.1, 0.15) is 32.1 Å². The van der Waals surface area contributed by atoms with E-state index < -0.39 is 4.33 Å². The number of hydrogen-bond acceptors (Lipinski definition) is 2. The number of rotatable bonds is 2. The van der Waals surface area contributed by atoms with Crippen molar-refractivity contribution in [3.63, 3.8) is 0 Å². The number of fused-ring (bicyclic) bond motifs is 2. The molecule has 2 bridgehead atoms. The third-order valence-electron chi connectivity index (χ3n) is 4.47. The topological polar surface area (TPSA) is 32.3 Å². The van der Waals surface area contributed by atoms with Crippen LogP contribution in [0.4, 0.5) is 0 Å². The number of nitrogens with zero attached hydrogens (tertiary/aromatic N) is 1. The molecule has 3 rings (SSSR count). The lowest BCUT2D eigenvalue weighted by Gasteiger charge is -2.35. The summed E-state index contributed by atoms with van der Waals surface area (Å²) in [5, 5.41) is 3.59. The number of carbonyl (C=O) groups excluding carboxylic acids is 1. The fraction of sp³-hybridized carbons (Fsp3) is 0.917. The number of piperidine rings is 1. The first-order chi connectivity index (χ1) is 7.97. The van der Waals surface area contributed by atoms with Crippen molar-refractivity contribution in [1.82, 2.24) is 10.2 Å². The molecule has 0 spiro atoms. The van der Waals surface area contributed by atoms with Crippen molar-refractivity contribution in [3.05, 3.63) is 0 Å². The molecule has 2 aliphatic heterocycles. The minimum atomic E-state index is -0.794. The second-order valence-corrected chi connectivity index (χ2v) is 7.27. The van der Waals surface area contributed by atoms with E-state index in [0.717, 1.165) is 12.8 Å². The smallest absolute Gasteiger partial charge is 0.228 e. The van der Waals surface area contributed by atoms with E-state index in [2.05, 4.69) is 5.32 Å². The quantitative estimate of drug-likeness (QED) is 0.782. The van der Waals surface area contributed by atoms with Gasteiger partial charge in [0, 0.05) is 25.2 Å². The Labute approximate surface area is 112 Å². The van der Waals surface area contributed by atoms with Crippen LogP contribution in [0.15, 0.2) is 0 Å². The predicted octanol–water partition coefficient (Wildman–Crippen LogP) is 1.92. The van der Waals surface area contributed by atoms with Crippen LogP contribution in [0.5, 0.6) is 0 Å². The molecule has 2 saturated heterocycles. The van der Waals surface area contributed by atoms with E-state index in [4.69, 9.17) is 23.2 Å². The molecule has 0 unspecified atom stereocenters. The Morgan fingerprint density at radius 1 is 1.29 bits per heavy atom. The molecule has 1 aliphatic carbocycles. The van der Waals surface area contributed by atoms with Crippen LogP contribution < -0.4 is 5.32 Å². The standard InChI is InChI=1S/C12H18Cl2N2O/c1-16(11(17)10-6-12(10,13)14)9-4-7-2-3-8(5-9)15-7/h7-10,15H,2-6H2,1H3/t7-,8-,10-/m0/s1. The van der Waals surface area contributed by atoms with Gasteiger partial charge in [-0.3, -0.25) is 4.79 Å². The van der Waals surface area contributed by atoms with Gasteiger partial charge < -0.3 is 10.2 Å². The summed E-state index contributed by atoms with van der Waals surface area (Å²) in [4.78, 5) is 14.1. The third kappa shape index (κ3) is 2.18.